The molecular weight excluding hydrogens is 340 g/mol. The fourth-order valence-corrected chi connectivity index (χ4v) is 2.97. The lowest BCUT2D eigenvalue weighted by atomic mass is 10.1. The smallest absolute Gasteiger partial charge is 0.256 e. The first-order valence-electron chi connectivity index (χ1n) is 8.58. The molecule has 2 heterocycles. The van der Waals surface area contributed by atoms with Crippen LogP contribution in [0.5, 0.6) is 0 Å². The average molecular weight is 358 g/mol. The molecule has 2 N–H and O–H groups in total. The first-order valence-corrected chi connectivity index (χ1v) is 8.58. The number of aromatic nitrogens is 3. The Labute approximate surface area is 156 Å². The summed E-state index contributed by atoms with van der Waals surface area (Å²) in [5.74, 6) is 0.222. The van der Waals surface area contributed by atoms with Crippen LogP contribution < -0.4 is 5.32 Å². The molecule has 27 heavy (non-hydrogen) atoms. The molecule has 0 aliphatic heterocycles. The molecule has 134 valence electrons. The molecule has 6 nitrogen and oxygen atoms in total. The van der Waals surface area contributed by atoms with E-state index in [1.54, 1.807) is 22.7 Å². The molecule has 2 aromatic heterocycles. The van der Waals surface area contributed by atoms with Crippen LogP contribution in [0.3, 0.4) is 0 Å². The standard InChI is InChI=1S/C21H18N4O2/c1-14-10-20-22-19(23-21(27)16-7-3-2-4-8-16)12-18(25(20)24-14)17-9-5-6-15(11-17)13-26/h2-12,26H,13H2,1H3,(H,22,23,27). The normalized spacial score (nSPS) is 10.9. The van der Waals surface area contributed by atoms with Gasteiger partial charge in [-0.25, -0.2) is 9.50 Å². The summed E-state index contributed by atoms with van der Waals surface area (Å²) in [5, 5.41) is 16.8. The van der Waals surface area contributed by atoms with Gasteiger partial charge in [0.1, 0.15) is 5.82 Å². The van der Waals surface area contributed by atoms with Crippen molar-refractivity contribution in [3.63, 3.8) is 0 Å². The molecule has 0 unspecified atom stereocenters. The summed E-state index contributed by atoms with van der Waals surface area (Å²) < 4.78 is 1.74. The van der Waals surface area contributed by atoms with Gasteiger partial charge in [0.2, 0.25) is 0 Å². The minimum absolute atomic E-state index is 0.0438. The second kappa shape index (κ2) is 7.01. The van der Waals surface area contributed by atoms with Crippen molar-refractivity contribution in [1.29, 1.82) is 0 Å². The van der Waals surface area contributed by atoms with Crippen LogP contribution in [-0.2, 0) is 6.61 Å². The lowest BCUT2D eigenvalue weighted by Gasteiger charge is -2.10. The fourth-order valence-electron chi connectivity index (χ4n) is 2.97. The molecule has 0 fully saturated rings. The number of nitrogens with zero attached hydrogens (tertiary/aromatic N) is 3. The van der Waals surface area contributed by atoms with E-state index in [0.29, 0.717) is 17.0 Å². The van der Waals surface area contributed by atoms with Crippen LogP contribution in [0.1, 0.15) is 21.6 Å². The molecule has 4 aromatic rings. The molecule has 4 rings (SSSR count). The number of anilines is 1. The highest BCUT2D eigenvalue weighted by Gasteiger charge is 2.13. The number of amides is 1. The van der Waals surface area contributed by atoms with E-state index >= 15 is 0 Å². The second-order valence-corrected chi connectivity index (χ2v) is 6.26. The predicted octanol–water partition coefficient (Wildman–Crippen LogP) is 3.45. The minimum atomic E-state index is -0.223. The number of fused-ring (bicyclic) bond motifs is 1. The molecule has 6 heteroatoms. The van der Waals surface area contributed by atoms with Crippen LogP contribution in [0.4, 0.5) is 5.82 Å². The van der Waals surface area contributed by atoms with Crippen LogP contribution >= 0.6 is 0 Å². The largest absolute Gasteiger partial charge is 0.392 e. The third-order valence-corrected chi connectivity index (χ3v) is 4.23. The zero-order valence-corrected chi connectivity index (χ0v) is 14.8. The van der Waals surface area contributed by atoms with Crippen LogP contribution in [0.25, 0.3) is 16.9 Å². The van der Waals surface area contributed by atoms with Crippen molar-refractivity contribution in [2.45, 2.75) is 13.5 Å². The zero-order chi connectivity index (χ0) is 18.8. The van der Waals surface area contributed by atoms with Gasteiger partial charge in [-0.3, -0.25) is 4.79 Å². The van der Waals surface area contributed by atoms with Crippen molar-refractivity contribution >= 4 is 17.4 Å². The monoisotopic (exact) mass is 358 g/mol. The number of rotatable bonds is 4. The summed E-state index contributed by atoms with van der Waals surface area (Å²) >= 11 is 0. The second-order valence-electron chi connectivity index (χ2n) is 6.26. The highest BCUT2D eigenvalue weighted by molar-refractivity contribution is 6.04. The van der Waals surface area contributed by atoms with Gasteiger partial charge < -0.3 is 10.4 Å². The Hall–Kier alpha value is -3.51. The summed E-state index contributed by atoms with van der Waals surface area (Å²) in [6, 6.07) is 20.2. The van der Waals surface area contributed by atoms with Gasteiger partial charge in [-0.1, -0.05) is 36.4 Å². The number of nitrogens with one attached hydrogen (secondary N) is 1. The van der Waals surface area contributed by atoms with E-state index in [4.69, 9.17) is 0 Å². The van der Waals surface area contributed by atoms with Crippen molar-refractivity contribution in [2.24, 2.45) is 0 Å². The molecule has 0 spiro atoms. The highest BCUT2D eigenvalue weighted by Crippen LogP contribution is 2.25. The molecule has 0 aliphatic carbocycles. The lowest BCUT2D eigenvalue weighted by Crippen LogP contribution is -2.13. The van der Waals surface area contributed by atoms with E-state index < -0.39 is 0 Å². The number of benzene rings is 2. The maximum Gasteiger partial charge on any atom is 0.256 e. The van der Waals surface area contributed by atoms with Gasteiger partial charge in [0.25, 0.3) is 5.91 Å². The van der Waals surface area contributed by atoms with Crippen molar-refractivity contribution in [2.75, 3.05) is 5.32 Å². The number of carbonyl (C=O) groups is 1. The third kappa shape index (κ3) is 3.43. The maximum atomic E-state index is 12.5. The minimum Gasteiger partial charge on any atom is -0.392 e. The molecular formula is C21H18N4O2. The molecule has 0 radical (unpaired) electrons. The summed E-state index contributed by atoms with van der Waals surface area (Å²) in [5.41, 5.74) is 4.50. The maximum absolute atomic E-state index is 12.5. The van der Waals surface area contributed by atoms with Gasteiger partial charge in [-0.05, 0) is 30.7 Å². The van der Waals surface area contributed by atoms with Gasteiger partial charge in [-0.2, -0.15) is 5.10 Å². The molecule has 0 bridgehead atoms. The Balaban J connectivity index is 1.79. The Morgan fingerprint density at radius 3 is 2.67 bits per heavy atom. The topological polar surface area (TPSA) is 79.5 Å². The average Bonchev–Trinajstić information content (AvgIpc) is 3.08. The predicted molar refractivity (Wildman–Crippen MR) is 103 cm³/mol. The number of aliphatic hydroxyl groups excluding tert-OH is 1. The van der Waals surface area contributed by atoms with Crippen LogP contribution in [0, 0.1) is 6.92 Å². The number of aliphatic hydroxyl groups is 1. The van der Waals surface area contributed by atoms with Gasteiger partial charge in [0, 0.05) is 23.3 Å². The van der Waals surface area contributed by atoms with Crippen LogP contribution in [0.15, 0.2) is 66.7 Å². The van der Waals surface area contributed by atoms with Crippen LogP contribution in [0.2, 0.25) is 0 Å². The zero-order valence-electron chi connectivity index (χ0n) is 14.8. The molecule has 0 saturated heterocycles. The number of hydrogen-bond donors (Lipinski definition) is 2. The van der Waals surface area contributed by atoms with Crippen LogP contribution in [-0.4, -0.2) is 25.6 Å². The quantitative estimate of drug-likeness (QED) is 0.586. The number of hydrogen-bond acceptors (Lipinski definition) is 4. The van der Waals surface area contributed by atoms with Gasteiger partial charge >= 0.3 is 0 Å². The summed E-state index contributed by atoms with van der Waals surface area (Å²) in [6.45, 7) is 1.85. The van der Waals surface area contributed by atoms with Crippen molar-refractivity contribution < 1.29 is 9.90 Å². The van der Waals surface area contributed by atoms with Crippen molar-refractivity contribution in [3.8, 4) is 11.3 Å². The Morgan fingerprint density at radius 1 is 1.07 bits per heavy atom. The van der Waals surface area contributed by atoms with Crippen molar-refractivity contribution in [1.82, 2.24) is 14.6 Å². The van der Waals surface area contributed by atoms with Gasteiger partial charge in [0.15, 0.2) is 5.65 Å². The summed E-state index contributed by atoms with van der Waals surface area (Å²) in [4.78, 5) is 17.0. The summed E-state index contributed by atoms with van der Waals surface area (Å²) in [6.07, 6.45) is 0. The Kier molecular flexibility index (Phi) is 4.40. The first kappa shape index (κ1) is 16.9. The lowest BCUT2D eigenvalue weighted by molar-refractivity contribution is 0.102. The van der Waals surface area contributed by atoms with E-state index in [2.05, 4.69) is 15.4 Å². The van der Waals surface area contributed by atoms with E-state index in [-0.39, 0.29) is 12.5 Å². The first-order chi connectivity index (χ1) is 13.1. The fraction of sp³-hybridized carbons (Fsp3) is 0.0952. The summed E-state index contributed by atoms with van der Waals surface area (Å²) in [7, 11) is 0. The third-order valence-electron chi connectivity index (χ3n) is 4.23. The van der Waals surface area contributed by atoms with Crippen molar-refractivity contribution in [3.05, 3.63) is 83.6 Å². The van der Waals surface area contributed by atoms with E-state index in [1.165, 1.54) is 0 Å². The number of aryl methyl sites for hydroxylation is 1. The number of carbonyl (C=O) groups excluding carboxylic acids is 1. The molecule has 1 amide bonds. The van der Waals surface area contributed by atoms with E-state index in [0.717, 1.165) is 22.5 Å². The highest BCUT2D eigenvalue weighted by atomic mass is 16.3. The Morgan fingerprint density at radius 2 is 1.89 bits per heavy atom. The Bertz CT molecular complexity index is 1120. The SMILES string of the molecule is Cc1cc2nc(NC(=O)c3ccccc3)cc(-c3cccc(CO)c3)n2n1. The molecule has 0 saturated carbocycles. The van der Waals surface area contributed by atoms with Gasteiger partial charge in [0.05, 0.1) is 18.0 Å². The van der Waals surface area contributed by atoms with Gasteiger partial charge in [-0.15, -0.1) is 0 Å². The molecule has 0 atom stereocenters. The van der Waals surface area contributed by atoms with E-state index in [1.807, 2.05) is 55.5 Å². The molecule has 2 aromatic carbocycles. The van der Waals surface area contributed by atoms with E-state index in [9.17, 15) is 9.90 Å². The molecule has 0 aliphatic rings.